The van der Waals surface area contributed by atoms with Gasteiger partial charge in [0.05, 0.1) is 20.3 Å². The van der Waals surface area contributed by atoms with E-state index in [1.54, 1.807) is 45.2 Å². The van der Waals surface area contributed by atoms with Crippen molar-refractivity contribution < 1.29 is 27.1 Å². The standard InChI is InChI=1S/C20H22F2NO4P/c1-4-26-28(24,27-5-2)20(23-18-7-9-19(25-3)10-8-18)11-6-15-12-16(21)14-17(22)13-15/h7-10,12-14,20,23H,4-5H2,1-3H3. The van der Waals surface area contributed by atoms with Gasteiger partial charge in [0.15, 0.2) is 5.78 Å². The molecule has 0 bridgehead atoms. The molecule has 8 heteroatoms. The summed E-state index contributed by atoms with van der Waals surface area (Å²) >= 11 is 0. The number of rotatable bonds is 8. The maximum atomic E-state index is 13.4. The predicted octanol–water partition coefficient (Wildman–Crippen LogP) is 5.03. The molecule has 0 heterocycles. The van der Waals surface area contributed by atoms with Crippen LogP contribution in [0, 0.1) is 23.5 Å². The first-order chi connectivity index (χ1) is 13.4. The van der Waals surface area contributed by atoms with Crippen molar-refractivity contribution in [3.8, 4) is 17.6 Å². The molecule has 0 aromatic heterocycles. The van der Waals surface area contributed by atoms with E-state index in [0.717, 1.165) is 18.2 Å². The maximum Gasteiger partial charge on any atom is 0.364 e. The smallest absolute Gasteiger partial charge is 0.364 e. The van der Waals surface area contributed by atoms with Crippen molar-refractivity contribution in [1.82, 2.24) is 0 Å². The van der Waals surface area contributed by atoms with E-state index in [0.29, 0.717) is 11.4 Å². The fraction of sp³-hybridized carbons (Fsp3) is 0.300. The second kappa shape index (κ2) is 10.2. The monoisotopic (exact) mass is 409 g/mol. The summed E-state index contributed by atoms with van der Waals surface area (Å²) < 4.78 is 55.9. The van der Waals surface area contributed by atoms with Crippen molar-refractivity contribution in [2.75, 3.05) is 25.6 Å². The summed E-state index contributed by atoms with van der Waals surface area (Å²) in [6.07, 6.45) is 0. The van der Waals surface area contributed by atoms with E-state index in [1.807, 2.05) is 0 Å². The first-order valence-corrected chi connectivity index (χ1v) is 10.3. The Balaban J connectivity index is 2.39. The number of hydrogen-bond donors (Lipinski definition) is 1. The number of hydrogen-bond acceptors (Lipinski definition) is 5. The lowest BCUT2D eigenvalue weighted by molar-refractivity contribution is 0.218. The highest BCUT2D eigenvalue weighted by atomic mass is 31.2. The molecular weight excluding hydrogens is 387 g/mol. The van der Waals surface area contributed by atoms with Crippen molar-refractivity contribution in [1.29, 1.82) is 0 Å². The third-order valence-corrected chi connectivity index (χ3v) is 5.67. The number of anilines is 1. The summed E-state index contributed by atoms with van der Waals surface area (Å²) in [4.78, 5) is 0. The lowest BCUT2D eigenvalue weighted by Crippen LogP contribution is -2.21. The zero-order valence-electron chi connectivity index (χ0n) is 15.9. The molecule has 5 nitrogen and oxygen atoms in total. The minimum atomic E-state index is -3.68. The van der Waals surface area contributed by atoms with Crippen molar-refractivity contribution in [2.24, 2.45) is 0 Å². The lowest BCUT2D eigenvalue weighted by Gasteiger charge is -2.24. The van der Waals surface area contributed by atoms with Gasteiger partial charge in [-0.25, -0.2) is 8.78 Å². The van der Waals surface area contributed by atoms with Crippen molar-refractivity contribution in [3.63, 3.8) is 0 Å². The van der Waals surface area contributed by atoms with E-state index in [9.17, 15) is 13.3 Å². The van der Waals surface area contributed by atoms with Crippen LogP contribution in [-0.2, 0) is 13.6 Å². The van der Waals surface area contributed by atoms with Crippen LogP contribution in [0.3, 0.4) is 0 Å². The van der Waals surface area contributed by atoms with Gasteiger partial charge in [0.2, 0.25) is 0 Å². The van der Waals surface area contributed by atoms with Gasteiger partial charge in [-0.15, -0.1) is 0 Å². The minimum Gasteiger partial charge on any atom is -0.497 e. The van der Waals surface area contributed by atoms with E-state index in [4.69, 9.17) is 13.8 Å². The highest BCUT2D eigenvalue weighted by Crippen LogP contribution is 2.52. The topological polar surface area (TPSA) is 56.8 Å². The second-order valence-corrected chi connectivity index (χ2v) is 7.69. The van der Waals surface area contributed by atoms with Crippen LogP contribution in [0.2, 0.25) is 0 Å². The minimum absolute atomic E-state index is 0.110. The zero-order valence-corrected chi connectivity index (χ0v) is 16.8. The van der Waals surface area contributed by atoms with Gasteiger partial charge in [-0.05, 0) is 50.2 Å². The molecule has 0 spiro atoms. The molecule has 0 saturated carbocycles. The summed E-state index contributed by atoms with van der Waals surface area (Å²) in [6.45, 7) is 3.67. The molecule has 1 N–H and O–H groups in total. The Kier molecular flexibility index (Phi) is 8.01. The van der Waals surface area contributed by atoms with Crippen molar-refractivity contribution >= 4 is 13.3 Å². The summed E-state index contributed by atoms with van der Waals surface area (Å²) in [5, 5.41) is 3.01. The second-order valence-electron chi connectivity index (χ2n) is 5.58. The third-order valence-electron chi connectivity index (χ3n) is 3.54. The van der Waals surface area contributed by atoms with Crippen LogP contribution >= 0.6 is 7.60 Å². The van der Waals surface area contributed by atoms with Crippen LogP contribution in [0.15, 0.2) is 42.5 Å². The molecule has 0 amide bonds. The van der Waals surface area contributed by atoms with E-state index in [1.165, 1.54) is 0 Å². The van der Waals surface area contributed by atoms with Gasteiger partial charge in [0.25, 0.3) is 0 Å². The van der Waals surface area contributed by atoms with Crippen LogP contribution in [-0.4, -0.2) is 26.1 Å². The summed E-state index contributed by atoms with van der Waals surface area (Å²) in [5.74, 6) is 3.49. The van der Waals surface area contributed by atoms with Gasteiger partial charge >= 0.3 is 7.60 Å². The number of methoxy groups -OCH3 is 1. The average Bonchev–Trinajstić information content (AvgIpc) is 2.65. The number of benzene rings is 2. The highest BCUT2D eigenvalue weighted by Gasteiger charge is 2.34. The molecule has 2 rings (SSSR count). The Hall–Kier alpha value is -2.39. The normalized spacial score (nSPS) is 12.0. The van der Waals surface area contributed by atoms with E-state index in [2.05, 4.69) is 17.2 Å². The molecule has 2 aromatic carbocycles. The average molecular weight is 409 g/mol. The molecule has 0 aliphatic rings. The van der Waals surface area contributed by atoms with Crippen molar-refractivity contribution in [2.45, 2.75) is 19.6 Å². The van der Waals surface area contributed by atoms with E-state index < -0.39 is 25.0 Å². The molecule has 0 aliphatic carbocycles. The number of ether oxygens (including phenoxy) is 1. The highest BCUT2D eigenvalue weighted by molar-refractivity contribution is 7.55. The molecule has 0 fully saturated rings. The molecule has 0 aliphatic heterocycles. The summed E-state index contributed by atoms with van der Waals surface area (Å²) in [7, 11) is -2.13. The number of nitrogens with one attached hydrogen (secondary N) is 1. The molecule has 150 valence electrons. The Morgan fingerprint density at radius 2 is 1.61 bits per heavy atom. The van der Waals surface area contributed by atoms with Gasteiger partial charge in [0.1, 0.15) is 17.4 Å². The van der Waals surface area contributed by atoms with Crippen LogP contribution in [0.25, 0.3) is 0 Å². The molecule has 0 radical (unpaired) electrons. The molecule has 2 aromatic rings. The van der Waals surface area contributed by atoms with E-state index in [-0.39, 0.29) is 18.8 Å². The van der Waals surface area contributed by atoms with E-state index >= 15 is 0 Å². The van der Waals surface area contributed by atoms with Gasteiger partial charge in [-0.2, -0.15) is 0 Å². The Labute approximate surface area is 163 Å². The lowest BCUT2D eigenvalue weighted by atomic mass is 10.2. The fourth-order valence-electron chi connectivity index (χ4n) is 2.36. The first-order valence-electron chi connectivity index (χ1n) is 8.67. The molecular formula is C20H22F2NO4P. The molecule has 1 unspecified atom stereocenters. The molecule has 28 heavy (non-hydrogen) atoms. The van der Waals surface area contributed by atoms with Gasteiger partial charge in [-0.3, -0.25) is 4.57 Å². The van der Waals surface area contributed by atoms with Gasteiger partial charge in [-0.1, -0.05) is 11.8 Å². The summed E-state index contributed by atoms with van der Waals surface area (Å²) in [6, 6.07) is 9.82. The van der Waals surface area contributed by atoms with Crippen LogP contribution in [0.4, 0.5) is 14.5 Å². The van der Waals surface area contributed by atoms with Crippen LogP contribution in [0.1, 0.15) is 19.4 Å². The maximum absolute atomic E-state index is 13.4. The molecule has 1 atom stereocenters. The molecule has 0 saturated heterocycles. The van der Waals surface area contributed by atoms with Crippen LogP contribution in [0.5, 0.6) is 5.75 Å². The zero-order chi connectivity index (χ0) is 20.6. The first kappa shape index (κ1) is 21.9. The summed E-state index contributed by atoms with van der Waals surface area (Å²) in [5.41, 5.74) is 0.712. The fourth-order valence-corrected chi connectivity index (χ4v) is 3.99. The van der Waals surface area contributed by atoms with Crippen LogP contribution < -0.4 is 10.1 Å². The number of halogens is 2. The SMILES string of the molecule is CCOP(=O)(OCC)C(C#Cc1cc(F)cc(F)c1)Nc1ccc(OC)cc1. The van der Waals surface area contributed by atoms with Crippen molar-refractivity contribution in [3.05, 3.63) is 59.7 Å². The Morgan fingerprint density at radius 1 is 1.04 bits per heavy atom. The quantitative estimate of drug-likeness (QED) is 0.490. The predicted molar refractivity (Wildman–Crippen MR) is 104 cm³/mol. The van der Waals surface area contributed by atoms with Gasteiger partial charge < -0.3 is 19.1 Å². The third kappa shape index (κ3) is 6.07. The Morgan fingerprint density at radius 3 is 2.11 bits per heavy atom. The Bertz CT molecular complexity index is 863. The largest absolute Gasteiger partial charge is 0.497 e. The van der Waals surface area contributed by atoms with Gasteiger partial charge in [0, 0.05) is 17.3 Å².